The fourth-order valence-corrected chi connectivity index (χ4v) is 3.38. The molecule has 0 atom stereocenters. The Balaban J connectivity index is 2.22. The van der Waals surface area contributed by atoms with Crippen molar-refractivity contribution in [1.29, 1.82) is 0 Å². The molecule has 0 bridgehead atoms. The van der Waals surface area contributed by atoms with E-state index in [1.807, 2.05) is 0 Å². The second-order valence-corrected chi connectivity index (χ2v) is 7.07. The summed E-state index contributed by atoms with van der Waals surface area (Å²) in [7, 11) is -3.05. The van der Waals surface area contributed by atoms with Crippen molar-refractivity contribution in [3.63, 3.8) is 0 Å². The first kappa shape index (κ1) is 14.1. The van der Waals surface area contributed by atoms with Crippen LogP contribution in [0.15, 0.2) is 12.3 Å². The average molecular weight is 304 g/mol. The average Bonchev–Trinajstić information content (AvgIpc) is 2.52. The molecule has 2 N–H and O–H groups in total. The first-order valence-electron chi connectivity index (χ1n) is 5.80. The summed E-state index contributed by atoms with van der Waals surface area (Å²) >= 11 is 5.87. The van der Waals surface area contributed by atoms with Crippen LogP contribution in [0.3, 0.4) is 0 Å². The molecule has 1 fully saturated rings. The summed E-state index contributed by atoms with van der Waals surface area (Å²) in [6.07, 6.45) is 1.80. The van der Waals surface area contributed by atoms with Gasteiger partial charge in [0.25, 0.3) is 5.91 Å². The summed E-state index contributed by atoms with van der Waals surface area (Å²) in [5, 5.41) is 0.0753. The monoisotopic (exact) mass is 303 g/mol. The molecule has 1 amide bonds. The number of halogens is 1. The molecule has 0 saturated carbocycles. The molecule has 104 valence electrons. The maximum Gasteiger partial charge on any atom is 0.257 e. The van der Waals surface area contributed by atoms with Gasteiger partial charge in [-0.2, -0.15) is 0 Å². The van der Waals surface area contributed by atoms with Gasteiger partial charge in [-0.15, -0.1) is 0 Å². The topological polar surface area (TPSA) is 93.4 Å². The minimum atomic E-state index is -3.05. The number of hydrogen-bond donors (Lipinski definition) is 1. The Hall–Kier alpha value is -1.34. The lowest BCUT2D eigenvalue weighted by atomic mass is 10.2. The molecule has 2 rings (SSSR count). The number of aromatic nitrogens is 1. The third-order valence-electron chi connectivity index (χ3n) is 2.93. The lowest BCUT2D eigenvalue weighted by Gasteiger charge is -2.20. The van der Waals surface area contributed by atoms with Gasteiger partial charge in [-0.05, 0) is 12.5 Å². The number of carbonyl (C=O) groups is 1. The minimum Gasteiger partial charge on any atom is -0.397 e. The normalized spacial score (nSPS) is 18.9. The number of pyridine rings is 1. The highest BCUT2D eigenvalue weighted by molar-refractivity contribution is 7.91. The van der Waals surface area contributed by atoms with Crippen molar-refractivity contribution in [2.45, 2.75) is 6.42 Å². The third kappa shape index (κ3) is 3.36. The van der Waals surface area contributed by atoms with Gasteiger partial charge in [-0.25, -0.2) is 13.4 Å². The van der Waals surface area contributed by atoms with Gasteiger partial charge in [0.1, 0.15) is 5.15 Å². The summed E-state index contributed by atoms with van der Waals surface area (Å²) in [5.74, 6) is -0.242. The molecule has 8 heteroatoms. The molecule has 0 aliphatic carbocycles. The van der Waals surface area contributed by atoms with Crippen LogP contribution in [0.2, 0.25) is 5.15 Å². The van der Waals surface area contributed by atoms with Gasteiger partial charge in [0, 0.05) is 13.1 Å². The molecular weight excluding hydrogens is 290 g/mol. The zero-order valence-corrected chi connectivity index (χ0v) is 11.7. The first-order chi connectivity index (χ1) is 8.89. The largest absolute Gasteiger partial charge is 0.397 e. The number of nitrogens with two attached hydrogens (primary N) is 1. The maximum absolute atomic E-state index is 12.3. The fourth-order valence-electron chi connectivity index (χ4n) is 1.93. The van der Waals surface area contributed by atoms with Crippen LogP contribution in [0.25, 0.3) is 0 Å². The maximum atomic E-state index is 12.3. The number of carbonyl (C=O) groups excluding carboxylic acids is 1. The number of amides is 1. The molecule has 1 aromatic heterocycles. The fraction of sp³-hybridized carbons (Fsp3) is 0.455. The van der Waals surface area contributed by atoms with E-state index in [0.29, 0.717) is 18.7 Å². The second-order valence-electron chi connectivity index (χ2n) is 4.40. The predicted molar refractivity (Wildman–Crippen MR) is 72.8 cm³/mol. The zero-order valence-electron chi connectivity index (χ0n) is 10.2. The van der Waals surface area contributed by atoms with Crippen molar-refractivity contribution in [2.24, 2.45) is 0 Å². The Morgan fingerprint density at radius 3 is 2.84 bits per heavy atom. The van der Waals surface area contributed by atoms with Crippen molar-refractivity contribution < 1.29 is 13.2 Å². The second kappa shape index (κ2) is 5.34. The van der Waals surface area contributed by atoms with Crippen LogP contribution in [-0.4, -0.2) is 48.8 Å². The van der Waals surface area contributed by atoms with Gasteiger partial charge >= 0.3 is 0 Å². The highest BCUT2D eigenvalue weighted by atomic mass is 35.5. The van der Waals surface area contributed by atoms with E-state index in [0.717, 1.165) is 0 Å². The number of hydrogen-bond acceptors (Lipinski definition) is 5. The highest BCUT2D eigenvalue weighted by Crippen LogP contribution is 2.19. The van der Waals surface area contributed by atoms with Crippen molar-refractivity contribution in [3.8, 4) is 0 Å². The number of nitrogen functional groups attached to an aromatic ring is 1. The summed E-state index contributed by atoms with van der Waals surface area (Å²) in [6, 6.07) is 1.46. The molecule has 0 aromatic carbocycles. The van der Waals surface area contributed by atoms with E-state index in [2.05, 4.69) is 4.98 Å². The van der Waals surface area contributed by atoms with Gasteiger partial charge in [0.2, 0.25) is 0 Å². The molecule has 1 aliphatic rings. The van der Waals surface area contributed by atoms with Gasteiger partial charge < -0.3 is 10.6 Å². The molecule has 1 aromatic rings. The number of sulfone groups is 1. The van der Waals surface area contributed by atoms with Crippen LogP contribution in [0.5, 0.6) is 0 Å². The van der Waals surface area contributed by atoms with Gasteiger partial charge in [-0.1, -0.05) is 11.6 Å². The number of nitrogens with zero attached hydrogens (tertiary/aromatic N) is 2. The van der Waals surface area contributed by atoms with E-state index in [9.17, 15) is 13.2 Å². The Kier molecular flexibility index (Phi) is 3.96. The first-order valence-corrected chi connectivity index (χ1v) is 8.00. The quantitative estimate of drug-likeness (QED) is 0.766. The van der Waals surface area contributed by atoms with Crippen molar-refractivity contribution in [2.75, 3.05) is 30.3 Å². The van der Waals surface area contributed by atoms with Crippen LogP contribution in [0, 0.1) is 0 Å². The summed E-state index contributed by atoms with van der Waals surface area (Å²) in [6.45, 7) is 0.565. The van der Waals surface area contributed by atoms with Crippen LogP contribution in [0.4, 0.5) is 5.69 Å². The Labute approximate surface area is 116 Å². The van der Waals surface area contributed by atoms with Crippen molar-refractivity contribution >= 4 is 33.0 Å². The number of rotatable bonds is 1. The zero-order chi connectivity index (χ0) is 14.0. The molecule has 2 heterocycles. The van der Waals surface area contributed by atoms with E-state index >= 15 is 0 Å². The van der Waals surface area contributed by atoms with Crippen LogP contribution in [0.1, 0.15) is 16.8 Å². The molecule has 1 saturated heterocycles. The SMILES string of the molecule is Nc1cnc(Cl)c(C(=O)N2CCCS(=O)(=O)CC2)c1. The Morgan fingerprint density at radius 2 is 2.11 bits per heavy atom. The van der Waals surface area contributed by atoms with Gasteiger partial charge in [0.15, 0.2) is 9.84 Å². The van der Waals surface area contributed by atoms with E-state index in [-0.39, 0.29) is 34.7 Å². The van der Waals surface area contributed by atoms with Crippen LogP contribution >= 0.6 is 11.6 Å². The number of anilines is 1. The Bertz CT molecular complexity index is 603. The van der Waals surface area contributed by atoms with Gasteiger partial charge in [0.05, 0.1) is 29.0 Å². The van der Waals surface area contributed by atoms with Crippen LogP contribution in [-0.2, 0) is 9.84 Å². The van der Waals surface area contributed by atoms with Crippen molar-refractivity contribution in [3.05, 3.63) is 23.0 Å². The summed E-state index contributed by atoms with van der Waals surface area (Å²) < 4.78 is 23.0. The third-order valence-corrected chi connectivity index (χ3v) is 4.95. The van der Waals surface area contributed by atoms with Crippen molar-refractivity contribution in [1.82, 2.24) is 9.88 Å². The molecule has 19 heavy (non-hydrogen) atoms. The lowest BCUT2D eigenvalue weighted by Crippen LogP contribution is -2.34. The molecule has 0 radical (unpaired) electrons. The molecule has 0 spiro atoms. The van der Waals surface area contributed by atoms with Gasteiger partial charge in [-0.3, -0.25) is 4.79 Å². The molecule has 0 unspecified atom stereocenters. The van der Waals surface area contributed by atoms with E-state index in [1.165, 1.54) is 17.2 Å². The summed E-state index contributed by atoms with van der Waals surface area (Å²) in [5.41, 5.74) is 6.13. The molecule has 1 aliphatic heterocycles. The standard InChI is InChI=1S/C11H14ClN3O3S/c12-10-9(6-8(13)7-14-10)11(16)15-2-1-4-19(17,18)5-3-15/h6-7H,1-5,13H2. The van der Waals surface area contributed by atoms with E-state index < -0.39 is 9.84 Å². The van der Waals surface area contributed by atoms with E-state index in [4.69, 9.17) is 17.3 Å². The minimum absolute atomic E-state index is 0.0217. The highest BCUT2D eigenvalue weighted by Gasteiger charge is 2.25. The molecular formula is C11H14ClN3O3S. The molecule has 6 nitrogen and oxygen atoms in total. The summed E-state index contributed by atoms with van der Waals surface area (Å²) in [4.78, 5) is 17.6. The van der Waals surface area contributed by atoms with Crippen LogP contribution < -0.4 is 5.73 Å². The predicted octanol–water partition coefficient (Wildman–Crippen LogP) is 0.578. The smallest absolute Gasteiger partial charge is 0.257 e. The Morgan fingerprint density at radius 1 is 1.37 bits per heavy atom. The lowest BCUT2D eigenvalue weighted by molar-refractivity contribution is 0.0768. The van der Waals surface area contributed by atoms with E-state index in [1.54, 1.807) is 0 Å².